The van der Waals surface area contributed by atoms with Crippen molar-refractivity contribution >= 4 is 5.91 Å². The van der Waals surface area contributed by atoms with E-state index in [4.69, 9.17) is 4.74 Å². The molecule has 1 aromatic carbocycles. The second kappa shape index (κ2) is 7.52. The van der Waals surface area contributed by atoms with Gasteiger partial charge in [-0.15, -0.1) is 5.10 Å². The van der Waals surface area contributed by atoms with Gasteiger partial charge in [0.15, 0.2) is 5.69 Å². The molecule has 0 atom stereocenters. The molecule has 0 saturated heterocycles. The summed E-state index contributed by atoms with van der Waals surface area (Å²) in [4.78, 5) is 29.9. The molecule has 1 spiro atoms. The van der Waals surface area contributed by atoms with E-state index in [1.807, 2.05) is 0 Å². The van der Waals surface area contributed by atoms with Crippen molar-refractivity contribution in [1.82, 2.24) is 29.9 Å². The van der Waals surface area contributed by atoms with Gasteiger partial charge in [-0.05, 0) is 43.9 Å². The van der Waals surface area contributed by atoms with E-state index in [2.05, 4.69) is 20.6 Å². The van der Waals surface area contributed by atoms with Crippen molar-refractivity contribution in [2.75, 3.05) is 6.61 Å². The number of nitrogens with one attached hydrogen (secondary N) is 1. The number of hydrogen-bond donors (Lipinski definition) is 2. The second-order valence-electron chi connectivity index (χ2n) is 8.03. The van der Waals surface area contributed by atoms with Gasteiger partial charge in [0.2, 0.25) is 5.75 Å². The first-order valence-corrected chi connectivity index (χ1v) is 10.3. The molecule has 2 N–H and O–H groups in total. The minimum absolute atomic E-state index is 0.00503. The predicted octanol–water partition coefficient (Wildman–Crippen LogP) is 1.32. The number of amides is 1. The van der Waals surface area contributed by atoms with Gasteiger partial charge in [-0.3, -0.25) is 14.2 Å². The van der Waals surface area contributed by atoms with Gasteiger partial charge in [0.05, 0.1) is 30.7 Å². The molecule has 32 heavy (non-hydrogen) atoms. The quantitative estimate of drug-likeness (QED) is 0.627. The van der Waals surface area contributed by atoms with Crippen molar-refractivity contribution in [1.29, 1.82) is 0 Å². The van der Waals surface area contributed by atoms with Gasteiger partial charge in [0, 0.05) is 6.54 Å². The first-order valence-electron chi connectivity index (χ1n) is 10.3. The Bertz CT molecular complexity index is 1280. The Morgan fingerprint density at radius 1 is 1.38 bits per heavy atom. The smallest absolute Gasteiger partial charge is 0.296 e. The summed E-state index contributed by atoms with van der Waals surface area (Å²) in [6, 6.07) is 4.09. The van der Waals surface area contributed by atoms with E-state index in [1.54, 1.807) is 6.92 Å². The fourth-order valence-corrected chi connectivity index (χ4v) is 4.19. The summed E-state index contributed by atoms with van der Waals surface area (Å²) in [7, 11) is 0. The van der Waals surface area contributed by atoms with Gasteiger partial charge in [-0.1, -0.05) is 11.3 Å². The second-order valence-corrected chi connectivity index (χ2v) is 8.03. The van der Waals surface area contributed by atoms with Crippen molar-refractivity contribution in [3.63, 3.8) is 0 Å². The van der Waals surface area contributed by atoms with Crippen molar-refractivity contribution in [3.05, 3.63) is 63.3 Å². The number of nitrogens with zero attached hydrogens (tertiary/aromatic N) is 5. The normalized spacial score (nSPS) is 16.4. The Kier molecular flexibility index (Phi) is 4.77. The number of fused-ring (bicyclic) bond motifs is 2. The highest BCUT2D eigenvalue weighted by atomic mass is 19.1. The van der Waals surface area contributed by atoms with Crippen LogP contribution in [0.15, 0.2) is 29.2 Å². The van der Waals surface area contributed by atoms with Crippen molar-refractivity contribution in [3.8, 4) is 11.4 Å². The maximum Gasteiger partial charge on any atom is 0.296 e. The zero-order chi connectivity index (χ0) is 22.5. The van der Waals surface area contributed by atoms with Crippen molar-refractivity contribution in [2.45, 2.75) is 44.9 Å². The van der Waals surface area contributed by atoms with Crippen LogP contribution in [-0.4, -0.2) is 42.2 Å². The predicted molar refractivity (Wildman–Crippen MR) is 109 cm³/mol. The molecule has 166 valence electrons. The van der Waals surface area contributed by atoms with Crippen LogP contribution in [0.3, 0.4) is 0 Å². The minimum Gasteiger partial charge on any atom is -0.501 e. The first-order chi connectivity index (χ1) is 15.4. The van der Waals surface area contributed by atoms with Crippen LogP contribution in [0.25, 0.3) is 5.69 Å². The summed E-state index contributed by atoms with van der Waals surface area (Å²) in [5.74, 6) is -1.50. The summed E-state index contributed by atoms with van der Waals surface area (Å²) in [6.07, 6.45) is 3.89. The van der Waals surface area contributed by atoms with Gasteiger partial charge in [0.1, 0.15) is 17.2 Å². The molecule has 3 aromatic rings. The number of aromatic hydroxyl groups is 1. The molecule has 1 saturated carbocycles. The molecule has 1 aliphatic carbocycles. The molecule has 10 nitrogen and oxygen atoms in total. The van der Waals surface area contributed by atoms with E-state index in [9.17, 15) is 19.1 Å². The highest BCUT2D eigenvalue weighted by Gasteiger charge is 2.46. The molecule has 0 unspecified atom stereocenters. The molecule has 2 aromatic heterocycles. The molecular formula is C21H21FN6O4. The molecule has 0 bridgehead atoms. The third-order valence-corrected chi connectivity index (χ3v) is 6.06. The molecule has 3 heterocycles. The minimum atomic E-state index is -0.714. The number of carbonyl (C=O) groups is 1. The number of ether oxygens (including phenoxy) is 1. The van der Waals surface area contributed by atoms with E-state index in [-0.39, 0.29) is 18.8 Å². The number of benzene rings is 1. The average molecular weight is 440 g/mol. The van der Waals surface area contributed by atoms with E-state index < -0.39 is 28.6 Å². The number of halogens is 1. The summed E-state index contributed by atoms with van der Waals surface area (Å²) in [5, 5.41) is 20.8. The van der Waals surface area contributed by atoms with E-state index in [0.717, 1.165) is 6.42 Å². The Labute approximate surface area is 181 Å². The van der Waals surface area contributed by atoms with Crippen LogP contribution in [0.1, 0.15) is 46.8 Å². The van der Waals surface area contributed by atoms with Gasteiger partial charge < -0.3 is 15.2 Å². The van der Waals surface area contributed by atoms with Crippen molar-refractivity contribution < 1.29 is 19.0 Å². The zero-order valence-electron chi connectivity index (χ0n) is 17.3. The summed E-state index contributed by atoms with van der Waals surface area (Å²) in [6.45, 7) is 2.40. The van der Waals surface area contributed by atoms with Crippen LogP contribution in [-0.2, 0) is 23.4 Å². The molecule has 1 amide bonds. The molecule has 1 fully saturated rings. The topological polar surface area (TPSA) is 124 Å². The summed E-state index contributed by atoms with van der Waals surface area (Å²) in [5.41, 5.74) is 0.00528. The number of aryl methyl sites for hydroxylation is 1. The largest absolute Gasteiger partial charge is 0.501 e. The standard InChI is InChI=1S/C21H21FN6O4/c1-12-10-24-26-28(12)15-9-14(22)4-3-13(15)11-23-18(30)16-17(29)19(31)27-7-8-32-21(5-2-6-21)20(27)25-16/h3-4,9-10,29H,2,5-8,11H2,1H3,(H,23,30). The van der Waals surface area contributed by atoms with Crippen LogP contribution in [0.2, 0.25) is 0 Å². The SMILES string of the molecule is Cc1cnnn1-c1cc(F)ccc1CNC(=O)c1nc2n(c(=O)c1O)CCOC21CCC1. The number of hydrogen-bond acceptors (Lipinski definition) is 7. The van der Waals surface area contributed by atoms with Crippen LogP contribution < -0.4 is 10.9 Å². The lowest BCUT2D eigenvalue weighted by molar-refractivity contribution is -0.134. The Hall–Kier alpha value is -3.60. The molecule has 11 heteroatoms. The van der Waals surface area contributed by atoms with Crippen LogP contribution in [0.5, 0.6) is 5.75 Å². The Morgan fingerprint density at radius 2 is 2.19 bits per heavy atom. The number of aromatic nitrogens is 5. The van der Waals surface area contributed by atoms with E-state index >= 15 is 0 Å². The zero-order valence-corrected chi connectivity index (χ0v) is 17.3. The average Bonchev–Trinajstić information content (AvgIpc) is 3.19. The summed E-state index contributed by atoms with van der Waals surface area (Å²) >= 11 is 0. The highest BCUT2D eigenvalue weighted by molar-refractivity contribution is 5.94. The van der Waals surface area contributed by atoms with Gasteiger partial charge in [-0.2, -0.15) is 0 Å². The van der Waals surface area contributed by atoms with Gasteiger partial charge in [0.25, 0.3) is 11.5 Å². The first kappa shape index (κ1) is 20.3. The van der Waals surface area contributed by atoms with Gasteiger partial charge >= 0.3 is 0 Å². The van der Waals surface area contributed by atoms with Crippen molar-refractivity contribution in [2.24, 2.45) is 0 Å². The molecule has 2 aliphatic rings. The van der Waals surface area contributed by atoms with Crippen LogP contribution in [0, 0.1) is 12.7 Å². The van der Waals surface area contributed by atoms with E-state index in [1.165, 1.54) is 33.6 Å². The molecule has 1 aliphatic heterocycles. The fraction of sp³-hybridized carbons (Fsp3) is 0.381. The van der Waals surface area contributed by atoms with Gasteiger partial charge in [-0.25, -0.2) is 14.1 Å². The maximum atomic E-state index is 13.9. The number of carbonyl (C=O) groups excluding carboxylic acids is 1. The Morgan fingerprint density at radius 3 is 2.88 bits per heavy atom. The maximum absolute atomic E-state index is 13.9. The molecule has 5 rings (SSSR count). The summed E-state index contributed by atoms with van der Waals surface area (Å²) < 4.78 is 22.6. The fourth-order valence-electron chi connectivity index (χ4n) is 4.19. The van der Waals surface area contributed by atoms with Crippen LogP contribution in [0.4, 0.5) is 4.39 Å². The van der Waals surface area contributed by atoms with E-state index in [0.29, 0.717) is 42.2 Å². The Balaban J connectivity index is 1.45. The lowest BCUT2D eigenvalue weighted by Gasteiger charge is -2.44. The lowest BCUT2D eigenvalue weighted by atomic mass is 9.78. The van der Waals surface area contributed by atoms with Crippen LogP contribution >= 0.6 is 0 Å². The molecule has 0 radical (unpaired) electrons. The molecular weight excluding hydrogens is 419 g/mol. The monoisotopic (exact) mass is 440 g/mol. The third kappa shape index (κ3) is 3.16. The third-order valence-electron chi connectivity index (χ3n) is 6.06. The highest BCUT2D eigenvalue weighted by Crippen LogP contribution is 2.45. The number of rotatable bonds is 4. The lowest BCUT2D eigenvalue weighted by Crippen LogP contribution is -2.49.